The molecule has 0 aliphatic rings. The lowest BCUT2D eigenvalue weighted by atomic mass is 9.92. The molecule has 0 heterocycles. The number of hydrogen-bond donors (Lipinski definition) is 2. The van der Waals surface area contributed by atoms with Gasteiger partial charge in [-0.1, -0.05) is 6.92 Å². The summed E-state index contributed by atoms with van der Waals surface area (Å²) in [6.07, 6.45) is 1.34. The standard InChI is InChI=1S/C10H20N2O2/c1-5-6-8(13)12-7-10(2,3)9(14)11-4/h5-7H2,1-4H3,(H,11,14)(H,12,13). The van der Waals surface area contributed by atoms with Gasteiger partial charge in [0.1, 0.15) is 0 Å². The zero-order valence-electron chi connectivity index (χ0n) is 9.44. The van der Waals surface area contributed by atoms with Crippen molar-refractivity contribution in [2.75, 3.05) is 13.6 Å². The van der Waals surface area contributed by atoms with Crippen LogP contribution in [0.4, 0.5) is 0 Å². The molecule has 0 aromatic heterocycles. The maximum absolute atomic E-state index is 11.3. The van der Waals surface area contributed by atoms with E-state index in [1.54, 1.807) is 20.9 Å². The minimum absolute atomic E-state index is 0.00415. The predicted octanol–water partition coefficient (Wildman–Crippen LogP) is 0.675. The molecule has 0 bridgehead atoms. The van der Waals surface area contributed by atoms with Crippen LogP contribution in [0, 0.1) is 5.41 Å². The first-order valence-electron chi connectivity index (χ1n) is 4.93. The zero-order valence-corrected chi connectivity index (χ0v) is 9.44. The fraction of sp³-hybridized carbons (Fsp3) is 0.800. The van der Waals surface area contributed by atoms with Crippen LogP contribution >= 0.6 is 0 Å². The maximum Gasteiger partial charge on any atom is 0.227 e. The summed E-state index contributed by atoms with van der Waals surface area (Å²) < 4.78 is 0. The molecule has 2 amide bonds. The van der Waals surface area contributed by atoms with Crippen LogP contribution in [0.5, 0.6) is 0 Å². The second-order valence-electron chi connectivity index (χ2n) is 3.99. The minimum Gasteiger partial charge on any atom is -0.359 e. The Morgan fingerprint density at radius 2 is 1.86 bits per heavy atom. The van der Waals surface area contributed by atoms with E-state index in [2.05, 4.69) is 10.6 Å². The van der Waals surface area contributed by atoms with E-state index < -0.39 is 5.41 Å². The largest absolute Gasteiger partial charge is 0.359 e. The lowest BCUT2D eigenvalue weighted by Crippen LogP contribution is -2.43. The van der Waals surface area contributed by atoms with Gasteiger partial charge in [0, 0.05) is 20.0 Å². The third kappa shape index (κ3) is 4.25. The first-order chi connectivity index (χ1) is 6.44. The Morgan fingerprint density at radius 1 is 1.29 bits per heavy atom. The molecule has 0 unspecified atom stereocenters. The highest BCUT2D eigenvalue weighted by atomic mass is 16.2. The number of carbonyl (C=O) groups is 2. The van der Waals surface area contributed by atoms with Gasteiger partial charge < -0.3 is 10.6 Å². The number of rotatable bonds is 5. The summed E-state index contributed by atoms with van der Waals surface area (Å²) in [6, 6.07) is 0. The van der Waals surface area contributed by atoms with Gasteiger partial charge >= 0.3 is 0 Å². The second kappa shape index (κ2) is 5.62. The van der Waals surface area contributed by atoms with Gasteiger partial charge in [0.25, 0.3) is 0 Å². The molecular weight excluding hydrogens is 180 g/mol. The topological polar surface area (TPSA) is 58.2 Å². The zero-order chi connectivity index (χ0) is 11.2. The lowest BCUT2D eigenvalue weighted by Gasteiger charge is -2.22. The number of amides is 2. The Morgan fingerprint density at radius 3 is 2.29 bits per heavy atom. The summed E-state index contributed by atoms with van der Waals surface area (Å²) in [4.78, 5) is 22.5. The van der Waals surface area contributed by atoms with Crippen LogP contribution in [-0.2, 0) is 9.59 Å². The van der Waals surface area contributed by atoms with Crippen molar-refractivity contribution in [1.82, 2.24) is 10.6 Å². The van der Waals surface area contributed by atoms with Gasteiger partial charge in [-0.15, -0.1) is 0 Å². The van der Waals surface area contributed by atoms with Crippen LogP contribution < -0.4 is 10.6 Å². The first-order valence-corrected chi connectivity index (χ1v) is 4.93. The molecule has 0 aromatic carbocycles. The molecule has 4 nitrogen and oxygen atoms in total. The van der Waals surface area contributed by atoms with Crippen LogP contribution in [0.25, 0.3) is 0 Å². The SMILES string of the molecule is CCCC(=O)NCC(C)(C)C(=O)NC. The molecular formula is C10H20N2O2. The molecule has 0 saturated carbocycles. The second-order valence-corrected chi connectivity index (χ2v) is 3.99. The quantitative estimate of drug-likeness (QED) is 0.685. The molecule has 0 rings (SSSR count). The summed E-state index contributed by atoms with van der Waals surface area (Å²) in [5.74, 6) is -0.0567. The summed E-state index contributed by atoms with van der Waals surface area (Å²) in [5.41, 5.74) is -0.544. The fourth-order valence-corrected chi connectivity index (χ4v) is 1.05. The molecule has 0 spiro atoms. The number of carbonyl (C=O) groups excluding carboxylic acids is 2. The Labute approximate surface area is 85.4 Å². The third-order valence-corrected chi connectivity index (χ3v) is 2.05. The van der Waals surface area contributed by atoms with Crippen molar-refractivity contribution in [1.29, 1.82) is 0 Å². The summed E-state index contributed by atoms with van der Waals surface area (Å²) in [6.45, 7) is 5.94. The van der Waals surface area contributed by atoms with Crippen LogP contribution in [0.3, 0.4) is 0 Å². The van der Waals surface area contributed by atoms with E-state index >= 15 is 0 Å². The van der Waals surface area contributed by atoms with E-state index in [0.29, 0.717) is 13.0 Å². The van der Waals surface area contributed by atoms with Gasteiger partial charge in [-0.2, -0.15) is 0 Å². The Bertz CT molecular complexity index is 212. The van der Waals surface area contributed by atoms with Gasteiger partial charge in [-0.3, -0.25) is 9.59 Å². The molecule has 0 aliphatic carbocycles. The van der Waals surface area contributed by atoms with E-state index in [1.165, 1.54) is 0 Å². The molecule has 4 heteroatoms. The fourth-order valence-electron chi connectivity index (χ4n) is 1.05. The highest BCUT2D eigenvalue weighted by Crippen LogP contribution is 2.13. The van der Waals surface area contributed by atoms with Gasteiger partial charge in [-0.25, -0.2) is 0 Å². The van der Waals surface area contributed by atoms with Gasteiger partial charge in [-0.05, 0) is 20.3 Å². The minimum atomic E-state index is -0.544. The molecule has 0 saturated heterocycles. The number of hydrogen-bond acceptors (Lipinski definition) is 2. The van der Waals surface area contributed by atoms with Crippen LogP contribution in [0.2, 0.25) is 0 Å². The van der Waals surface area contributed by atoms with E-state index in [1.807, 2.05) is 6.92 Å². The smallest absolute Gasteiger partial charge is 0.227 e. The normalized spacial score (nSPS) is 10.9. The van der Waals surface area contributed by atoms with Gasteiger partial charge in [0.05, 0.1) is 5.41 Å². The molecule has 2 N–H and O–H groups in total. The van der Waals surface area contributed by atoms with E-state index in [4.69, 9.17) is 0 Å². The monoisotopic (exact) mass is 200 g/mol. The number of nitrogens with one attached hydrogen (secondary N) is 2. The van der Waals surface area contributed by atoms with Crippen molar-refractivity contribution in [2.45, 2.75) is 33.6 Å². The summed E-state index contributed by atoms with van der Waals surface area (Å²) in [5, 5.41) is 5.31. The Hall–Kier alpha value is -1.06. The van der Waals surface area contributed by atoms with Crippen LogP contribution in [0.1, 0.15) is 33.6 Å². The maximum atomic E-state index is 11.3. The van der Waals surface area contributed by atoms with Crippen molar-refractivity contribution in [3.05, 3.63) is 0 Å². The van der Waals surface area contributed by atoms with Crippen molar-refractivity contribution < 1.29 is 9.59 Å². The van der Waals surface area contributed by atoms with Gasteiger partial charge in [0.15, 0.2) is 0 Å². The molecule has 14 heavy (non-hydrogen) atoms. The predicted molar refractivity (Wildman–Crippen MR) is 55.8 cm³/mol. The molecule has 0 atom stereocenters. The van der Waals surface area contributed by atoms with E-state index in [-0.39, 0.29) is 11.8 Å². The Balaban J connectivity index is 3.98. The molecule has 0 aliphatic heterocycles. The van der Waals surface area contributed by atoms with Crippen molar-refractivity contribution in [2.24, 2.45) is 5.41 Å². The van der Waals surface area contributed by atoms with Crippen LogP contribution in [-0.4, -0.2) is 25.4 Å². The molecule has 82 valence electrons. The van der Waals surface area contributed by atoms with E-state index in [0.717, 1.165) is 6.42 Å². The lowest BCUT2D eigenvalue weighted by molar-refractivity contribution is -0.129. The van der Waals surface area contributed by atoms with Crippen molar-refractivity contribution >= 4 is 11.8 Å². The average Bonchev–Trinajstić information content (AvgIpc) is 2.14. The summed E-state index contributed by atoms with van der Waals surface area (Å²) in [7, 11) is 1.60. The van der Waals surface area contributed by atoms with Crippen LogP contribution in [0.15, 0.2) is 0 Å². The highest BCUT2D eigenvalue weighted by Gasteiger charge is 2.26. The van der Waals surface area contributed by atoms with Crippen molar-refractivity contribution in [3.8, 4) is 0 Å². The summed E-state index contributed by atoms with van der Waals surface area (Å²) >= 11 is 0. The van der Waals surface area contributed by atoms with Crippen molar-refractivity contribution in [3.63, 3.8) is 0 Å². The molecule has 0 fully saturated rings. The average molecular weight is 200 g/mol. The molecule has 0 radical (unpaired) electrons. The first kappa shape index (κ1) is 12.9. The van der Waals surface area contributed by atoms with E-state index in [9.17, 15) is 9.59 Å². The van der Waals surface area contributed by atoms with Gasteiger partial charge in [0.2, 0.25) is 11.8 Å². The molecule has 0 aromatic rings. The Kier molecular flexibility index (Phi) is 5.20. The highest BCUT2D eigenvalue weighted by molar-refractivity contribution is 5.83. The third-order valence-electron chi connectivity index (χ3n) is 2.05.